The van der Waals surface area contributed by atoms with Crippen LogP contribution in [0.4, 0.5) is 5.13 Å². The summed E-state index contributed by atoms with van der Waals surface area (Å²) < 4.78 is 5.75. The molecule has 0 aliphatic carbocycles. The molecule has 5 nitrogen and oxygen atoms in total. The zero-order valence-electron chi connectivity index (χ0n) is 17.0. The van der Waals surface area contributed by atoms with Crippen molar-refractivity contribution in [2.24, 2.45) is 0 Å². The van der Waals surface area contributed by atoms with E-state index in [2.05, 4.69) is 4.98 Å². The SMILES string of the molecule is O=C(CSc1nc2ccccc2o1)N(Cc1ccccc1)c1nc(-c2ccccc2)cs1. The molecule has 0 fully saturated rings. The highest BCUT2D eigenvalue weighted by Crippen LogP contribution is 2.30. The van der Waals surface area contributed by atoms with Crippen LogP contribution >= 0.6 is 23.1 Å². The van der Waals surface area contributed by atoms with Crippen LogP contribution in [-0.4, -0.2) is 21.6 Å². The van der Waals surface area contributed by atoms with Gasteiger partial charge in [-0.05, 0) is 17.7 Å². The molecule has 2 heterocycles. The van der Waals surface area contributed by atoms with Crippen LogP contribution in [0.15, 0.2) is 99.9 Å². The lowest BCUT2D eigenvalue weighted by molar-refractivity contribution is -0.116. The van der Waals surface area contributed by atoms with Crippen LogP contribution in [0.1, 0.15) is 5.56 Å². The lowest BCUT2D eigenvalue weighted by Crippen LogP contribution is -2.31. The second-order valence-corrected chi connectivity index (χ2v) is 8.85. The quantitative estimate of drug-likeness (QED) is 0.269. The number of oxazole rings is 1. The van der Waals surface area contributed by atoms with E-state index in [4.69, 9.17) is 9.40 Å². The molecule has 158 valence electrons. The number of thiazole rings is 1. The summed E-state index contributed by atoms with van der Waals surface area (Å²) in [5.74, 6) is 0.162. The molecule has 0 N–H and O–H groups in total. The number of nitrogens with zero attached hydrogens (tertiary/aromatic N) is 3. The fourth-order valence-electron chi connectivity index (χ4n) is 3.27. The van der Waals surface area contributed by atoms with Crippen molar-refractivity contribution in [1.82, 2.24) is 9.97 Å². The predicted octanol–water partition coefficient (Wildman–Crippen LogP) is 6.28. The van der Waals surface area contributed by atoms with E-state index in [0.29, 0.717) is 16.9 Å². The van der Waals surface area contributed by atoms with Crippen molar-refractivity contribution in [3.05, 3.63) is 95.9 Å². The molecule has 0 saturated carbocycles. The normalized spacial score (nSPS) is 11.0. The third-order valence-electron chi connectivity index (χ3n) is 4.87. The number of benzene rings is 3. The molecule has 0 unspecified atom stereocenters. The van der Waals surface area contributed by atoms with E-state index in [0.717, 1.165) is 27.9 Å². The third-order valence-corrected chi connectivity index (χ3v) is 6.55. The fraction of sp³-hybridized carbons (Fsp3) is 0.0800. The Hall–Kier alpha value is -3.42. The molecule has 0 saturated heterocycles. The van der Waals surface area contributed by atoms with Crippen molar-refractivity contribution in [3.63, 3.8) is 0 Å². The number of carbonyl (C=O) groups is 1. The molecular weight excluding hydrogens is 438 g/mol. The Bertz CT molecular complexity index is 1300. The smallest absolute Gasteiger partial charge is 0.257 e. The molecule has 5 aromatic rings. The zero-order valence-corrected chi connectivity index (χ0v) is 18.7. The lowest BCUT2D eigenvalue weighted by atomic mass is 10.2. The average molecular weight is 458 g/mol. The fourth-order valence-corrected chi connectivity index (χ4v) is 4.84. The number of hydrogen-bond donors (Lipinski definition) is 0. The molecule has 7 heteroatoms. The molecule has 0 spiro atoms. The van der Waals surface area contributed by atoms with E-state index < -0.39 is 0 Å². The van der Waals surface area contributed by atoms with E-state index in [1.54, 1.807) is 4.90 Å². The summed E-state index contributed by atoms with van der Waals surface area (Å²) in [5.41, 5.74) is 4.45. The number of para-hydroxylation sites is 2. The minimum atomic E-state index is -0.0462. The first-order valence-electron chi connectivity index (χ1n) is 10.1. The number of rotatable bonds is 7. The van der Waals surface area contributed by atoms with Crippen LogP contribution in [0.2, 0.25) is 0 Å². The maximum absolute atomic E-state index is 13.3. The van der Waals surface area contributed by atoms with E-state index in [1.165, 1.54) is 23.1 Å². The van der Waals surface area contributed by atoms with Crippen LogP contribution in [0, 0.1) is 0 Å². The van der Waals surface area contributed by atoms with E-state index in [1.807, 2.05) is 90.3 Å². The zero-order chi connectivity index (χ0) is 21.8. The van der Waals surface area contributed by atoms with Crippen molar-refractivity contribution in [3.8, 4) is 11.3 Å². The summed E-state index contributed by atoms with van der Waals surface area (Å²) >= 11 is 2.77. The number of aromatic nitrogens is 2. The first-order valence-corrected chi connectivity index (χ1v) is 12.0. The van der Waals surface area contributed by atoms with Crippen LogP contribution in [0.25, 0.3) is 22.4 Å². The van der Waals surface area contributed by atoms with Gasteiger partial charge >= 0.3 is 0 Å². The van der Waals surface area contributed by atoms with Crippen molar-refractivity contribution >= 4 is 45.2 Å². The van der Waals surface area contributed by atoms with Gasteiger partial charge in [0.2, 0.25) is 5.91 Å². The Balaban J connectivity index is 1.38. The Labute approximate surface area is 193 Å². The number of hydrogen-bond acceptors (Lipinski definition) is 6. The van der Waals surface area contributed by atoms with E-state index >= 15 is 0 Å². The molecule has 3 aromatic carbocycles. The number of anilines is 1. The number of thioether (sulfide) groups is 1. The predicted molar refractivity (Wildman–Crippen MR) is 130 cm³/mol. The maximum atomic E-state index is 13.3. The second-order valence-electron chi connectivity index (χ2n) is 7.08. The Kier molecular flexibility index (Phi) is 6.00. The molecule has 0 aliphatic heterocycles. The summed E-state index contributed by atoms with van der Waals surface area (Å²) in [5, 5.41) is 3.16. The molecular formula is C25H19N3O2S2. The van der Waals surface area contributed by atoms with Gasteiger partial charge in [0.05, 0.1) is 18.0 Å². The van der Waals surface area contributed by atoms with Crippen LogP contribution in [-0.2, 0) is 11.3 Å². The number of carbonyl (C=O) groups excluding carboxylic acids is 1. The first-order chi connectivity index (χ1) is 15.8. The molecule has 0 atom stereocenters. The van der Waals surface area contributed by atoms with Crippen molar-refractivity contribution in [2.75, 3.05) is 10.7 Å². The van der Waals surface area contributed by atoms with E-state index in [9.17, 15) is 4.79 Å². The van der Waals surface area contributed by atoms with Gasteiger partial charge in [-0.15, -0.1) is 11.3 Å². The highest BCUT2D eigenvalue weighted by atomic mass is 32.2. The van der Waals surface area contributed by atoms with E-state index in [-0.39, 0.29) is 11.7 Å². The minimum absolute atomic E-state index is 0.0462. The second kappa shape index (κ2) is 9.38. The molecule has 2 aromatic heterocycles. The van der Waals surface area contributed by atoms with Crippen LogP contribution < -0.4 is 4.90 Å². The maximum Gasteiger partial charge on any atom is 0.257 e. The molecule has 5 rings (SSSR count). The van der Waals surface area contributed by atoms with Gasteiger partial charge < -0.3 is 4.42 Å². The number of amides is 1. The van der Waals surface area contributed by atoms with Gasteiger partial charge in [-0.3, -0.25) is 9.69 Å². The largest absolute Gasteiger partial charge is 0.431 e. The monoisotopic (exact) mass is 457 g/mol. The summed E-state index contributed by atoms with van der Waals surface area (Å²) in [4.78, 5) is 24.2. The van der Waals surface area contributed by atoms with Gasteiger partial charge in [0.25, 0.3) is 5.22 Å². The minimum Gasteiger partial charge on any atom is -0.431 e. The van der Waals surface area contributed by atoms with Gasteiger partial charge in [0.1, 0.15) is 5.52 Å². The standard InChI is InChI=1S/C25H19N3O2S2/c29-23(17-32-25-27-20-13-7-8-14-22(20)30-25)28(15-18-9-3-1-4-10-18)24-26-21(16-31-24)19-11-5-2-6-12-19/h1-14,16H,15,17H2. The highest BCUT2D eigenvalue weighted by molar-refractivity contribution is 7.99. The summed E-state index contributed by atoms with van der Waals surface area (Å²) in [6.07, 6.45) is 0. The third kappa shape index (κ3) is 4.59. The molecule has 1 amide bonds. The Morgan fingerprint density at radius 2 is 1.62 bits per heavy atom. The molecule has 32 heavy (non-hydrogen) atoms. The van der Waals surface area contributed by atoms with Gasteiger partial charge in [0, 0.05) is 10.9 Å². The van der Waals surface area contributed by atoms with Crippen LogP contribution in [0.5, 0.6) is 0 Å². The molecule has 0 aliphatic rings. The van der Waals surface area contributed by atoms with Gasteiger partial charge in [-0.1, -0.05) is 84.6 Å². The number of fused-ring (bicyclic) bond motifs is 1. The summed E-state index contributed by atoms with van der Waals surface area (Å²) in [7, 11) is 0. The van der Waals surface area contributed by atoms with Gasteiger partial charge in [-0.2, -0.15) is 0 Å². The van der Waals surface area contributed by atoms with Gasteiger partial charge in [-0.25, -0.2) is 9.97 Å². The first kappa shape index (κ1) is 20.5. The Morgan fingerprint density at radius 1 is 0.906 bits per heavy atom. The van der Waals surface area contributed by atoms with Crippen LogP contribution in [0.3, 0.4) is 0 Å². The summed E-state index contributed by atoms with van der Waals surface area (Å²) in [6.45, 7) is 0.454. The van der Waals surface area contributed by atoms with Crippen molar-refractivity contribution in [1.29, 1.82) is 0 Å². The molecule has 0 bridgehead atoms. The highest BCUT2D eigenvalue weighted by Gasteiger charge is 2.21. The van der Waals surface area contributed by atoms with Gasteiger partial charge in [0.15, 0.2) is 10.7 Å². The lowest BCUT2D eigenvalue weighted by Gasteiger charge is -2.19. The molecule has 0 radical (unpaired) electrons. The average Bonchev–Trinajstić information content (AvgIpc) is 3.49. The van der Waals surface area contributed by atoms with Crippen molar-refractivity contribution in [2.45, 2.75) is 11.8 Å². The van der Waals surface area contributed by atoms with Crippen molar-refractivity contribution < 1.29 is 9.21 Å². The Morgan fingerprint density at radius 3 is 2.41 bits per heavy atom. The topological polar surface area (TPSA) is 59.2 Å². The summed E-state index contributed by atoms with van der Waals surface area (Å²) in [6, 6.07) is 27.5.